The Hall–Kier alpha value is -17.1. The van der Waals surface area contributed by atoms with Gasteiger partial charge in [0.15, 0.2) is 0 Å². The first kappa shape index (κ1) is 76.9. The fraction of sp³-hybridized carbons (Fsp3) is 0. The lowest BCUT2D eigenvalue weighted by Gasteiger charge is -2.49. The number of benzene rings is 19. The predicted octanol–water partition coefficient (Wildman–Crippen LogP) is 24.3. The van der Waals surface area contributed by atoms with Gasteiger partial charge in [0.1, 0.15) is 0 Å². The molecule has 8 aliphatic heterocycles. The summed E-state index contributed by atoms with van der Waals surface area (Å²) in [4.78, 5) is 15.6. The van der Waals surface area contributed by atoms with E-state index in [0.717, 1.165) is 163 Å². The summed E-state index contributed by atoms with van der Waals surface area (Å²) in [6.45, 7) is 20.4. The van der Waals surface area contributed by atoms with Crippen LogP contribution in [-0.4, -0.2) is 26.9 Å². The Labute approximate surface area is 782 Å². The second-order valence-corrected chi connectivity index (χ2v) is 36.4. The lowest BCUT2D eigenvalue weighted by Crippen LogP contribution is -2.68. The Morgan fingerprint density at radius 3 is 0.784 bits per heavy atom. The highest BCUT2D eigenvalue weighted by molar-refractivity contribution is 7.06. The minimum atomic E-state index is -0.143. The van der Waals surface area contributed by atoms with E-state index in [9.17, 15) is 0 Å². The monoisotopic (exact) mass is 1700 g/mol. The summed E-state index contributed by atoms with van der Waals surface area (Å²) in [6.07, 6.45) is 9.63. The fourth-order valence-electron chi connectivity index (χ4n) is 23.6. The zero-order valence-electron chi connectivity index (χ0n) is 73.6. The maximum absolute atomic E-state index is 4.23. The van der Waals surface area contributed by atoms with Crippen molar-refractivity contribution < 1.29 is 0 Å². The van der Waals surface area contributed by atoms with E-state index in [1.807, 2.05) is 30.4 Å². The highest BCUT2D eigenvalue weighted by atomic mass is 15.2. The van der Waals surface area contributed by atoms with Crippen LogP contribution in [0.25, 0.3) is 97.1 Å². The van der Waals surface area contributed by atoms with Crippen LogP contribution in [0.3, 0.4) is 0 Å². The third kappa shape index (κ3) is 11.5. The molecule has 0 spiro atoms. The third-order valence-electron chi connectivity index (χ3n) is 29.5. The van der Waals surface area contributed by atoms with Gasteiger partial charge in [0.2, 0.25) is 0 Å². The van der Waals surface area contributed by atoms with Gasteiger partial charge in [0.05, 0.1) is 0 Å². The molecule has 0 saturated heterocycles. The summed E-state index contributed by atoms with van der Waals surface area (Å²) in [5.74, 6) is 0. The smallest absolute Gasteiger partial charge is 0.252 e. The van der Waals surface area contributed by atoms with Crippen molar-refractivity contribution in [2.75, 3.05) is 29.4 Å². The van der Waals surface area contributed by atoms with E-state index < -0.39 is 0 Å². The maximum Gasteiger partial charge on any atom is 0.252 e. The van der Waals surface area contributed by atoms with E-state index >= 15 is 0 Å². The number of nitrogens with zero attached hydrogens (tertiary/aromatic N) is 6. The first-order valence-corrected chi connectivity index (χ1v) is 46.4. The summed E-state index contributed by atoms with van der Waals surface area (Å²) in [5, 5.41) is 0. The Morgan fingerprint density at radius 1 is 0.149 bits per heavy atom. The van der Waals surface area contributed by atoms with Gasteiger partial charge < -0.3 is 29.4 Å². The first-order chi connectivity index (χ1) is 66.2. The molecule has 0 unspecified atom stereocenters. The number of rotatable bonds is 15. The molecule has 134 heavy (non-hydrogen) atoms. The fourth-order valence-corrected chi connectivity index (χ4v) is 23.6. The Balaban J connectivity index is 0.641. The molecule has 0 fully saturated rings. The second-order valence-electron chi connectivity index (χ2n) is 36.4. The van der Waals surface area contributed by atoms with E-state index in [-0.39, 0.29) is 26.9 Å². The summed E-state index contributed by atoms with van der Waals surface area (Å²) in [7, 11) is 0. The maximum atomic E-state index is 4.23. The van der Waals surface area contributed by atoms with Crippen molar-refractivity contribution in [3.8, 4) is 66.8 Å². The van der Waals surface area contributed by atoms with Crippen molar-refractivity contribution in [1.82, 2.24) is 0 Å². The molecule has 0 amide bonds. The van der Waals surface area contributed by atoms with Crippen molar-refractivity contribution in [1.29, 1.82) is 0 Å². The summed E-state index contributed by atoms with van der Waals surface area (Å²) in [6, 6.07) is 154. The third-order valence-corrected chi connectivity index (χ3v) is 29.5. The van der Waals surface area contributed by atoms with E-state index in [2.05, 4.69) is 469 Å². The molecule has 8 aliphatic rings. The number of hydrogen-bond acceptors (Lipinski definition) is 6. The molecule has 0 radical (unpaired) electrons. The van der Waals surface area contributed by atoms with Gasteiger partial charge in [-0.1, -0.05) is 342 Å². The van der Waals surface area contributed by atoms with Crippen molar-refractivity contribution in [2.24, 2.45) is 0 Å². The molecule has 19 aromatic rings. The second kappa shape index (κ2) is 30.0. The van der Waals surface area contributed by atoms with Gasteiger partial charge in [0, 0.05) is 102 Å². The van der Waals surface area contributed by atoms with E-state index in [1.165, 1.54) is 99.7 Å². The van der Waals surface area contributed by atoms with Crippen LogP contribution in [-0.2, 0) is 0 Å². The molecule has 19 aromatic carbocycles. The Bertz CT molecular complexity index is 8290. The summed E-state index contributed by atoms with van der Waals surface area (Å²) in [5.41, 5.74) is 54.8. The normalized spacial score (nSPS) is 13.4. The minimum Gasteiger partial charge on any atom is -0.312 e. The van der Waals surface area contributed by atoms with E-state index in [1.54, 1.807) is 0 Å². The molecular weight excluding hydrogens is 1620 g/mol. The molecule has 0 saturated carbocycles. The van der Waals surface area contributed by atoms with Gasteiger partial charge in [0.25, 0.3) is 26.9 Å². The molecule has 0 aliphatic carbocycles. The molecule has 620 valence electrons. The number of fused-ring (bicyclic) bond motifs is 16. The van der Waals surface area contributed by atoms with Crippen LogP contribution in [0, 0.1) is 0 Å². The average Bonchev–Trinajstić information content (AvgIpc) is 0.675. The minimum absolute atomic E-state index is 0.0498. The highest BCUT2D eigenvalue weighted by Gasteiger charge is 2.53. The first-order valence-electron chi connectivity index (χ1n) is 46.4. The zero-order chi connectivity index (χ0) is 88.8. The molecule has 27 rings (SSSR count). The largest absolute Gasteiger partial charge is 0.312 e. The Morgan fingerprint density at radius 2 is 0.388 bits per heavy atom. The van der Waals surface area contributed by atoms with Gasteiger partial charge in [-0.15, -0.1) is 0 Å². The van der Waals surface area contributed by atoms with Crippen molar-refractivity contribution in [2.45, 2.75) is 0 Å². The SMILES string of the molecule is C=Cc1ccc(-c2cccc(N3c4cc(-c5ccc(C=C)cc5)ccc4B4c5cccc6c5N(c5cccc3c54)c3cc(-c4ccc(C=C)cc4)cc4c3B6c3ccccc3N4c3cccc(-c4cc(-c5ccc(C=C)cc5)cc(N5c6ccccc6B6c7cccc8c7N(c7cccc5c76)c5cc(-c6ccc(C=C)cc6)cc6c5B8c5ccccc5N6c5ccccc5)c4)c3)c2)cc1. The van der Waals surface area contributed by atoms with Crippen LogP contribution in [0.2, 0.25) is 0 Å². The molecule has 6 nitrogen and oxygen atoms in total. The highest BCUT2D eigenvalue weighted by Crippen LogP contribution is 2.54. The van der Waals surface area contributed by atoms with Gasteiger partial charge in [-0.3, -0.25) is 0 Å². The average molecular weight is 1700 g/mol. The van der Waals surface area contributed by atoms with Crippen LogP contribution in [0.5, 0.6) is 0 Å². The zero-order valence-corrected chi connectivity index (χ0v) is 73.6. The number of para-hydroxylation sites is 6. The van der Waals surface area contributed by atoms with Crippen molar-refractivity contribution in [3.05, 3.63) is 467 Å². The summed E-state index contributed by atoms with van der Waals surface area (Å²) < 4.78 is 0. The topological polar surface area (TPSA) is 19.4 Å². The van der Waals surface area contributed by atoms with Crippen molar-refractivity contribution in [3.63, 3.8) is 0 Å². The van der Waals surface area contributed by atoms with Gasteiger partial charge in [-0.05, 0) is 288 Å². The molecule has 0 atom stereocenters. The molecule has 10 heteroatoms. The Kier molecular flexibility index (Phi) is 17.2. The quantitative estimate of drug-likeness (QED) is 0.0946. The number of hydrogen-bond donors (Lipinski definition) is 0. The van der Waals surface area contributed by atoms with Gasteiger partial charge in [-0.2, -0.15) is 0 Å². The molecule has 8 heterocycles. The van der Waals surface area contributed by atoms with Crippen LogP contribution >= 0.6 is 0 Å². The van der Waals surface area contributed by atoms with E-state index in [4.69, 9.17) is 0 Å². The molecular formula is C124H82B4N6. The van der Waals surface area contributed by atoms with Crippen LogP contribution in [0.4, 0.5) is 102 Å². The molecule has 0 aromatic heterocycles. The molecule has 0 N–H and O–H groups in total. The van der Waals surface area contributed by atoms with Crippen molar-refractivity contribution >= 4 is 225 Å². The lowest BCUT2D eigenvalue weighted by molar-refractivity contribution is 1.24. The standard InChI is InChI=1S/C124H82B4N6/c1-6-78-46-56-83(57-47-78)88-26-20-31-97(69-88)131-110-42-24-44-112-119(110)128(102-67-66-90(73-114(102)131)84-58-48-79(7-2)49-59-84)106-38-23-37-105-124(106)133(112)118-77-94(87-64-54-82(10-5)55-65-87)75-116-122(118)127(105)100-33-15-18-40-108(100)130(116)96-30-21-27-89(70-96)92-68-91(85-60-50-80(8-3)51-61-85)71-98(72-92)132-109-41-19-16-34-101(109)125-103-35-22-36-104-123(103)134(113-45-25-43-111(132)120(113)125)117-76-93(86-62-52-81(9-4)53-63-86)74-115-121(117)126(104)99-32-14-17-39-107(99)129(115)95-28-12-11-13-29-95/h6-77H,1-5H2. The predicted molar refractivity (Wildman–Crippen MR) is 576 cm³/mol. The van der Waals surface area contributed by atoms with Crippen LogP contribution < -0.4 is 95.0 Å². The van der Waals surface area contributed by atoms with Gasteiger partial charge >= 0.3 is 0 Å². The number of anilines is 18. The molecule has 0 bridgehead atoms. The summed E-state index contributed by atoms with van der Waals surface area (Å²) >= 11 is 0. The lowest BCUT2D eigenvalue weighted by atomic mass is 9.29. The van der Waals surface area contributed by atoms with Gasteiger partial charge in [-0.25, -0.2) is 0 Å². The van der Waals surface area contributed by atoms with Crippen LogP contribution in [0.1, 0.15) is 27.8 Å². The van der Waals surface area contributed by atoms with Crippen LogP contribution in [0.15, 0.2) is 439 Å². The van der Waals surface area contributed by atoms with E-state index in [0.29, 0.717) is 0 Å².